The van der Waals surface area contributed by atoms with Gasteiger partial charge in [0.25, 0.3) is 0 Å². The Morgan fingerprint density at radius 1 is 1.50 bits per heavy atom. The number of hydrogen-bond acceptors (Lipinski definition) is 5. The molecule has 0 saturated heterocycles. The summed E-state index contributed by atoms with van der Waals surface area (Å²) < 4.78 is 5.05. The Labute approximate surface area is 116 Å². The van der Waals surface area contributed by atoms with Crippen molar-refractivity contribution in [1.82, 2.24) is 20.0 Å². The molecule has 108 valence electrons. The van der Waals surface area contributed by atoms with E-state index in [0.29, 0.717) is 18.1 Å². The van der Waals surface area contributed by atoms with E-state index in [2.05, 4.69) is 15.1 Å². The molecular weight excluding hydrogens is 260 g/mol. The number of aryl methyl sites for hydroxylation is 2. The number of nitrogens with one attached hydrogen (secondary N) is 1. The molecule has 0 aliphatic heterocycles. The highest BCUT2D eigenvalue weighted by Gasteiger charge is 2.19. The van der Waals surface area contributed by atoms with E-state index in [1.807, 2.05) is 6.92 Å². The molecule has 0 aliphatic rings. The van der Waals surface area contributed by atoms with E-state index >= 15 is 0 Å². The summed E-state index contributed by atoms with van der Waals surface area (Å²) in [6.45, 7) is 4.11. The van der Waals surface area contributed by atoms with Gasteiger partial charge in [0.05, 0.1) is 25.3 Å². The van der Waals surface area contributed by atoms with Crippen LogP contribution in [0.25, 0.3) is 0 Å². The minimum absolute atomic E-state index is 0.0892. The molecule has 0 radical (unpaired) electrons. The molecule has 7 nitrogen and oxygen atoms in total. The van der Waals surface area contributed by atoms with Gasteiger partial charge in [-0.3, -0.25) is 4.79 Å². The van der Waals surface area contributed by atoms with Crippen LogP contribution in [0.1, 0.15) is 22.8 Å². The Morgan fingerprint density at radius 2 is 2.30 bits per heavy atom. The van der Waals surface area contributed by atoms with Crippen molar-refractivity contribution in [2.24, 2.45) is 0 Å². The molecule has 0 bridgehead atoms. The van der Waals surface area contributed by atoms with Gasteiger partial charge in [-0.1, -0.05) is 5.16 Å². The third-order valence-corrected chi connectivity index (χ3v) is 3.13. The Morgan fingerprint density at radius 3 is 2.85 bits per heavy atom. The van der Waals surface area contributed by atoms with E-state index in [-0.39, 0.29) is 25.5 Å². The highest BCUT2D eigenvalue weighted by Crippen LogP contribution is 2.14. The lowest BCUT2D eigenvalue weighted by atomic mass is 10.1. The van der Waals surface area contributed by atoms with Gasteiger partial charge in [-0.2, -0.15) is 0 Å². The number of aromatic amines is 1. The van der Waals surface area contributed by atoms with E-state index in [4.69, 9.17) is 9.63 Å². The second-order valence-corrected chi connectivity index (χ2v) is 4.55. The SMILES string of the molecule is Cc1noc(C)c1CC(=O)N(CCO)Cc1ncc[nH]1. The molecular formula is C13H18N4O3. The highest BCUT2D eigenvalue weighted by atomic mass is 16.5. The molecule has 2 heterocycles. The predicted octanol–water partition coefficient (Wildman–Crippen LogP) is 0.578. The number of aliphatic hydroxyl groups excluding tert-OH is 1. The summed E-state index contributed by atoms with van der Waals surface area (Å²) in [6, 6.07) is 0. The first-order valence-corrected chi connectivity index (χ1v) is 6.40. The number of H-pyrrole nitrogens is 1. The normalized spacial score (nSPS) is 10.8. The third kappa shape index (κ3) is 3.24. The van der Waals surface area contributed by atoms with Crippen molar-refractivity contribution >= 4 is 5.91 Å². The molecule has 2 aromatic rings. The summed E-state index contributed by atoms with van der Waals surface area (Å²) in [6.07, 6.45) is 3.54. The monoisotopic (exact) mass is 278 g/mol. The van der Waals surface area contributed by atoms with Crippen molar-refractivity contribution in [3.63, 3.8) is 0 Å². The quantitative estimate of drug-likeness (QED) is 0.805. The minimum Gasteiger partial charge on any atom is -0.395 e. The maximum atomic E-state index is 12.3. The number of aromatic nitrogens is 3. The summed E-state index contributed by atoms with van der Waals surface area (Å²) in [4.78, 5) is 20.9. The van der Waals surface area contributed by atoms with Crippen molar-refractivity contribution < 1.29 is 14.4 Å². The average molecular weight is 278 g/mol. The zero-order valence-electron chi connectivity index (χ0n) is 11.6. The van der Waals surface area contributed by atoms with Crippen molar-refractivity contribution in [2.45, 2.75) is 26.8 Å². The molecule has 2 rings (SSSR count). The Kier molecular flexibility index (Phi) is 4.52. The number of carbonyl (C=O) groups is 1. The molecule has 0 unspecified atom stereocenters. The van der Waals surface area contributed by atoms with Gasteiger partial charge in [0.15, 0.2) is 0 Å². The number of hydrogen-bond donors (Lipinski definition) is 2. The largest absolute Gasteiger partial charge is 0.395 e. The van der Waals surface area contributed by atoms with Crippen LogP contribution < -0.4 is 0 Å². The minimum atomic E-state index is -0.0927. The van der Waals surface area contributed by atoms with Gasteiger partial charge in [0.2, 0.25) is 5.91 Å². The molecule has 0 fully saturated rings. The maximum absolute atomic E-state index is 12.3. The van der Waals surface area contributed by atoms with Crippen molar-refractivity contribution in [3.8, 4) is 0 Å². The first-order chi connectivity index (χ1) is 9.61. The number of rotatable bonds is 6. The number of imidazole rings is 1. The Bertz CT molecular complexity index is 543. The van der Waals surface area contributed by atoms with Gasteiger partial charge in [-0.25, -0.2) is 4.98 Å². The molecule has 0 aliphatic carbocycles. The zero-order chi connectivity index (χ0) is 14.5. The number of nitrogens with zero attached hydrogens (tertiary/aromatic N) is 3. The van der Waals surface area contributed by atoms with Gasteiger partial charge in [-0.05, 0) is 13.8 Å². The lowest BCUT2D eigenvalue weighted by molar-refractivity contribution is -0.131. The van der Waals surface area contributed by atoms with Crippen LogP contribution in [0.4, 0.5) is 0 Å². The number of carbonyl (C=O) groups excluding carboxylic acids is 1. The van der Waals surface area contributed by atoms with E-state index < -0.39 is 0 Å². The zero-order valence-corrected chi connectivity index (χ0v) is 11.6. The lowest BCUT2D eigenvalue weighted by Crippen LogP contribution is -2.34. The van der Waals surface area contributed by atoms with Crippen molar-refractivity contribution in [1.29, 1.82) is 0 Å². The summed E-state index contributed by atoms with van der Waals surface area (Å²) in [5, 5.41) is 12.9. The maximum Gasteiger partial charge on any atom is 0.227 e. The van der Waals surface area contributed by atoms with E-state index in [1.165, 1.54) is 0 Å². The molecule has 0 aromatic carbocycles. The summed E-state index contributed by atoms with van der Waals surface area (Å²) in [7, 11) is 0. The second kappa shape index (κ2) is 6.33. The van der Waals surface area contributed by atoms with Crippen LogP contribution in [-0.2, 0) is 17.8 Å². The van der Waals surface area contributed by atoms with Gasteiger partial charge in [0, 0.05) is 24.5 Å². The van der Waals surface area contributed by atoms with Gasteiger partial charge < -0.3 is 19.5 Å². The second-order valence-electron chi connectivity index (χ2n) is 4.55. The summed E-state index contributed by atoms with van der Waals surface area (Å²) in [5.74, 6) is 1.24. The average Bonchev–Trinajstić information content (AvgIpc) is 3.03. The van der Waals surface area contributed by atoms with Crippen LogP contribution in [0, 0.1) is 13.8 Å². The lowest BCUT2D eigenvalue weighted by Gasteiger charge is -2.20. The molecule has 7 heteroatoms. The molecule has 0 spiro atoms. The fourth-order valence-corrected chi connectivity index (χ4v) is 2.00. The van der Waals surface area contributed by atoms with Crippen LogP contribution in [-0.4, -0.2) is 44.2 Å². The van der Waals surface area contributed by atoms with Crippen LogP contribution in [0.5, 0.6) is 0 Å². The topological polar surface area (TPSA) is 95.2 Å². The third-order valence-electron chi connectivity index (χ3n) is 3.13. The Balaban J connectivity index is 2.07. The molecule has 20 heavy (non-hydrogen) atoms. The van der Waals surface area contributed by atoms with Gasteiger partial charge in [0.1, 0.15) is 11.6 Å². The highest BCUT2D eigenvalue weighted by molar-refractivity contribution is 5.79. The van der Waals surface area contributed by atoms with Crippen molar-refractivity contribution in [3.05, 3.63) is 35.2 Å². The molecule has 0 saturated carbocycles. The standard InChI is InChI=1S/C13H18N4O3/c1-9-11(10(2)20-16-9)7-13(19)17(5-6-18)8-12-14-3-4-15-12/h3-4,18H,5-8H2,1-2H3,(H,14,15). The fraction of sp³-hybridized carbons (Fsp3) is 0.462. The van der Waals surface area contributed by atoms with E-state index in [9.17, 15) is 4.79 Å². The van der Waals surface area contributed by atoms with Crippen LogP contribution in [0.15, 0.2) is 16.9 Å². The van der Waals surface area contributed by atoms with Gasteiger partial charge in [-0.15, -0.1) is 0 Å². The predicted molar refractivity (Wildman–Crippen MR) is 70.8 cm³/mol. The first-order valence-electron chi connectivity index (χ1n) is 6.40. The Hall–Kier alpha value is -2.15. The number of amides is 1. The van der Waals surface area contributed by atoms with E-state index in [0.717, 1.165) is 11.3 Å². The van der Waals surface area contributed by atoms with Gasteiger partial charge >= 0.3 is 0 Å². The molecule has 2 N–H and O–H groups in total. The van der Waals surface area contributed by atoms with E-state index in [1.54, 1.807) is 24.2 Å². The van der Waals surface area contributed by atoms with Crippen LogP contribution >= 0.6 is 0 Å². The molecule has 1 amide bonds. The summed E-state index contributed by atoms with van der Waals surface area (Å²) in [5.41, 5.74) is 1.52. The fourth-order valence-electron chi connectivity index (χ4n) is 2.00. The number of aliphatic hydroxyl groups is 1. The molecule has 0 atom stereocenters. The smallest absolute Gasteiger partial charge is 0.227 e. The summed E-state index contributed by atoms with van der Waals surface area (Å²) >= 11 is 0. The molecule has 2 aromatic heterocycles. The van der Waals surface area contributed by atoms with Crippen LogP contribution in [0.3, 0.4) is 0 Å². The first kappa shape index (κ1) is 14.3. The van der Waals surface area contributed by atoms with Crippen molar-refractivity contribution in [2.75, 3.05) is 13.2 Å². The van der Waals surface area contributed by atoms with Crippen LogP contribution in [0.2, 0.25) is 0 Å².